The van der Waals surface area contributed by atoms with Crippen molar-refractivity contribution in [2.24, 2.45) is 0 Å². The summed E-state index contributed by atoms with van der Waals surface area (Å²) in [5, 5.41) is 8.99. The number of rotatable bonds is 2. The lowest BCUT2D eigenvalue weighted by Crippen LogP contribution is -2.21. The molecule has 0 aliphatic carbocycles. The maximum Gasteiger partial charge on any atom is 0.354 e. The molecular weight excluding hydrogens is 206 g/mol. The van der Waals surface area contributed by atoms with Crippen LogP contribution in [0.3, 0.4) is 0 Å². The molecule has 5 heteroatoms. The number of nitrogens with zero attached hydrogens (tertiary/aromatic N) is 3. The lowest BCUT2D eigenvalue weighted by atomic mass is 10.2. The quantitative estimate of drug-likeness (QED) is 0.814. The van der Waals surface area contributed by atoms with Crippen molar-refractivity contribution in [2.45, 2.75) is 25.8 Å². The first-order valence-corrected chi connectivity index (χ1v) is 5.36. The highest BCUT2D eigenvalue weighted by atomic mass is 16.4. The average molecular weight is 221 g/mol. The molecule has 1 aliphatic heterocycles. The predicted molar refractivity (Wildman–Crippen MR) is 58.3 cm³/mol. The van der Waals surface area contributed by atoms with Crippen LogP contribution >= 0.6 is 0 Å². The van der Waals surface area contributed by atoms with Gasteiger partial charge in [-0.2, -0.15) is 0 Å². The number of aromatic carboxylic acids is 1. The smallest absolute Gasteiger partial charge is 0.354 e. The van der Waals surface area contributed by atoms with Crippen molar-refractivity contribution in [3.63, 3.8) is 0 Å². The number of hydrogen-bond donors (Lipinski definition) is 1. The zero-order valence-electron chi connectivity index (χ0n) is 9.47. The minimum atomic E-state index is -0.984. The van der Waals surface area contributed by atoms with E-state index < -0.39 is 5.97 Å². The Bertz CT molecular complexity index is 420. The first-order chi connectivity index (χ1) is 7.59. The third kappa shape index (κ3) is 1.90. The summed E-state index contributed by atoms with van der Waals surface area (Å²) in [5.74, 6) is -0.357. The van der Waals surface area contributed by atoms with Crippen LogP contribution in [-0.4, -0.2) is 39.5 Å². The maximum absolute atomic E-state index is 11.0. The van der Waals surface area contributed by atoms with E-state index in [1.807, 2.05) is 7.05 Å². The molecular formula is C11H15N3O2. The molecule has 16 heavy (non-hydrogen) atoms. The van der Waals surface area contributed by atoms with Crippen molar-refractivity contribution in [3.05, 3.63) is 23.3 Å². The fraction of sp³-hybridized carbons (Fsp3) is 0.545. The fourth-order valence-electron chi connectivity index (χ4n) is 2.07. The summed E-state index contributed by atoms with van der Waals surface area (Å²) < 4.78 is 0. The van der Waals surface area contributed by atoms with Crippen molar-refractivity contribution >= 4 is 5.97 Å². The fourth-order valence-corrected chi connectivity index (χ4v) is 2.07. The Balaban J connectivity index is 2.35. The third-order valence-electron chi connectivity index (χ3n) is 3.01. The topological polar surface area (TPSA) is 66.3 Å². The van der Waals surface area contributed by atoms with Crippen LogP contribution in [0, 0.1) is 6.92 Å². The van der Waals surface area contributed by atoms with Crippen LogP contribution in [0.5, 0.6) is 0 Å². The average Bonchev–Trinajstić information content (AvgIpc) is 2.65. The molecule has 1 atom stereocenters. The third-order valence-corrected chi connectivity index (χ3v) is 3.01. The molecule has 1 saturated heterocycles. The second kappa shape index (κ2) is 4.17. The van der Waals surface area contributed by atoms with Gasteiger partial charge in [0.05, 0.1) is 6.04 Å². The van der Waals surface area contributed by atoms with Gasteiger partial charge in [0.1, 0.15) is 5.82 Å². The normalized spacial score (nSPS) is 21.2. The van der Waals surface area contributed by atoms with E-state index in [-0.39, 0.29) is 11.7 Å². The highest BCUT2D eigenvalue weighted by Crippen LogP contribution is 2.27. The molecule has 1 N–H and O–H groups in total. The molecule has 0 radical (unpaired) electrons. The molecule has 1 aliphatic rings. The van der Waals surface area contributed by atoms with E-state index >= 15 is 0 Å². The Hall–Kier alpha value is -1.49. The minimum absolute atomic E-state index is 0.116. The largest absolute Gasteiger partial charge is 0.477 e. The number of carboxylic acids is 1. The van der Waals surface area contributed by atoms with Gasteiger partial charge in [0.25, 0.3) is 0 Å². The van der Waals surface area contributed by atoms with Gasteiger partial charge in [-0.1, -0.05) is 0 Å². The number of aryl methyl sites for hydroxylation is 1. The highest BCUT2D eigenvalue weighted by Gasteiger charge is 2.26. The lowest BCUT2D eigenvalue weighted by Gasteiger charge is -2.18. The molecule has 2 heterocycles. The molecule has 0 spiro atoms. The molecule has 1 fully saturated rings. The van der Waals surface area contributed by atoms with Crippen LogP contribution in [0.1, 0.15) is 40.8 Å². The van der Waals surface area contributed by atoms with Gasteiger partial charge in [-0.15, -0.1) is 0 Å². The number of carbonyl (C=O) groups is 1. The molecule has 1 aromatic heterocycles. The van der Waals surface area contributed by atoms with Crippen molar-refractivity contribution in [1.29, 1.82) is 0 Å². The van der Waals surface area contributed by atoms with Crippen molar-refractivity contribution < 1.29 is 9.90 Å². The van der Waals surface area contributed by atoms with E-state index in [2.05, 4.69) is 14.9 Å². The molecule has 0 amide bonds. The summed E-state index contributed by atoms with van der Waals surface area (Å²) in [4.78, 5) is 21.5. The van der Waals surface area contributed by atoms with Gasteiger partial charge in [-0.3, -0.25) is 4.90 Å². The molecule has 0 bridgehead atoms. The van der Waals surface area contributed by atoms with E-state index in [0.29, 0.717) is 11.4 Å². The number of aromatic nitrogens is 2. The summed E-state index contributed by atoms with van der Waals surface area (Å²) in [5.41, 5.74) is 0.724. The Kier molecular flexibility index (Phi) is 2.87. The van der Waals surface area contributed by atoms with Crippen LogP contribution in [0.25, 0.3) is 0 Å². The minimum Gasteiger partial charge on any atom is -0.477 e. The highest BCUT2D eigenvalue weighted by molar-refractivity contribution is 5.86. The van der Waals surface area contributed by atoms with Crippen molar-refractivity contribution in [3.8, 4) is 0 Å². The van der Waals surface area contributed by atoms with Gasteiger partial charge < -0.3 is 5.11 Å². The molecule has 1 aromatic rings. The van der Waals surface area contributed by atoms with Gasteiger partial charge in [0, 0.05) is 11.8 Å². The molecule has 0 saturated carbocycles. The van der Waals surface area contributed by atoms with Crippen LogP contribution in [0.4, 0.5) is 0 Å². The van der Waals surface area contributed by atoms with E-state index in [1.165, 1.54) is 0 Å². The summed E-state index contributed by atoms with van der Waals surface area (Å²) in [7, 11) is 2.02. The van der Waals surface area contributed by atoms with Gasteiger partial charge in [0.2, 0.25) is 0 Å². The van der Waals surface area contributed by atoms with Crippen molar-refractivity contribution in [1.82, 2.24) is 14.9 Å². The van der Waals surface area contributed by atoms with Crippen LogP contribution in [-0.2, 0) is 0 Å². The zero-order valence-corrected chi connectivity index (χ0v) is 9.47. The SMILES string of the molecule is Cc1cnc(C2CCCN2C)nc1C(=O)O. The summed E-state index contributed by atoms with van der Waals surface area (Å²) in [6.07, 6.45) is 3.71. The summed E-state index contributed by atoms with van der Waals surface area (Å²) in [6.45, 7) is 2.73. The molecule has 1 unspecified atom stereocenters. The first kappa shape index (κ1) is 11.0. The Morgan fingerprint density at radius 2 is 2.38 bits per heavy atom. The van der Waals surface area contributed by atoms with E-state index in [0.717, 1.165) is 19.4 Å². The van der Waals surface area contributed by atoms with Crippen LogP contribution < -0.4 is 0 Å². The van der Waals surface area contributed by atoms with E-state index in [4.69, 9.17) is 5.11 Å². The Labute approximate surface area is 94.1 Å². The second-order valence-electron chi connectivity index (χ2n) is 4.20. The molecule has 0 aromatic carbocycles. The van der Waals surface area contributed by atoms with Gasteiger partial charge in [-0.05, 0) is 33.4 Å². The van der Waals surface area contributed by atoms with Gasteiger partial charge in [0.15, 0.2) is 5.69 Å². The maximum atomic E-state index is 11.0. The molecule has 86 valence electrons. The van der Waals surface area contributed by atoms with Gasteiger partial charge >= 0.3 is 5.97 Å². The first-order valence-electron chi connectivity index (χ1n) is 5.36. The number of carboxylic acid groups (broad SMARTS) is 1. The monoisotopic (exact) mass is 221 g/mol. The van der Waals surface area contributed by atoms with E-state index in [1.54, 1.807) is 13.1 Å². The van der Waals surface area contributed by atoms with Crippen LogP contribution in [0.15, 0.2) is 6.20 Å². The number of likely N-dealkylation sites (tertiary alicyclic amines) is 1. The molecule has 5 nitrogen and oxygen atoms in total. The van der Waals surface area contributed by atoms with E-state index in [9.17, 15) is 4.79 Å². The standard InChI is InChI=1S/C11H15N3O2/c1-7-6-12-10(13-9(7)11(15)16)8-4-3-5-14(8)2/h6,8H,3-5H2,1-2H3,(H,15,16). The Morgan fingerprint density at radius 3 is 2.94 bits per heavy atom. The summed E-state index contributed by atoms with van der Waals surface area (Å²) >= 11 is 0. The van der Waals surface area contributed by atoms with Gasteiger partial charge in [-0.25, -0.2) is 14.8 Å². The lowest BCUT2D eigenvalue weighted by molar-refractivity contribution is 0.0688. The molecule has 2 rings (SSSR count). The van der Waals surface area contributed by atoms with Crippen molar-refractivity contribution in [2.75, 3.05) is 13.6 Å². The Morgan fingerprint density at radius 1 is 1.62 bits per heavy atom. The second-order valence-corrected chi connectivity index (χ2v) is 4.20. The zero-order chi connectivity index (χ0) is 11.7. The predicted octanol–water partition coefficient (Wildman–Crippen LogP) is 1.25. The van der Waals surface area contributed by atoms with Crippen LogP contribution in [0.2, 0.25) is 0 Å². The summed E-state index contributed by atoms with van der Waals surface area (Å²) in [6, 6.07) is 0.165. The number of hydrogen-bond acceptors (Lipinski definition) is 4.